The zero-order valence-corrected chi connectivity index (χ0v) is 83.8. The van der Waals surface area contributed by atoms with Gasteiger partial charge in [0, 0.05) is 51.6 Å². The van der Waals surface area contributed by atoms with E-state index in [2.05, 4.69) is 84.2 Å². The van der Waals surface area contributed by atoms with Crippen LogP contribution in [0.15, 0.2) is 218 Å². The molecule has 0 fully saturated rings. The molecule has 0 aliphatic rings. The number of methoxy groups -OCH3 is 3. The molecule has 0 saturated heterocycles. The van der Waals surface area contributed by atoms with Gasteiger partial charge >= 0.3 is 17.9 Å². The lowest BCUT2D eigenvalue weighted by atomic mass is 9.92. The zero-order chi connectivity index (χ0) is 98.3. The van der Waals surface area contributed by atoms with Crippen molar-refractivity contribution in [1.82, 2.24) is 44.9 Å². The minimum absolute atomic E-state index is 0.00484. The van der Waals surface area contributed by atoms with Crippen LogP contribution in [0, 0.1) is 41.4 Å². The number of hydrogen-bond acceptors (Lipinski definition) is 21. The standard InChI is InChI=1S/C41H53N3O4.C39H49N3O4.C37H45N3O4/c1-6-29(3)15-10-8-11-17-31(18-14-16-30(4)7-2)28-48-41(46)34-23-21-33(22-24-34)39-42-38(32-19-12-9-13-20-32)43-40(44-39)36-26-25-35(47-5)27-37(36)45;1-4-6-8-10-11-14-18-29(17-13-9-7-5-2)28-46-39(44)32-23-21-31(22-24-32)37-40-36(30-19-15-12-16-20-30)41-38(42-37)34-26-25-33(45-3)27-35(34)43;1-25(2)11-9-10-12-27(16-15-26(3)4)24-44-37(42)30-19-17-29(18-20-30)35-38-34(28-13-7-6-8-14-28)39-36(40-35)32-22-21-31(43-5)23-33(32)41/h9,12-13,19-27,29-31,45H,6-8,10-11,14-18,28H2,1-5H3;12,15-16,19-27,29,43H,4-11,13-14,17-18,28H2,1-3H3;6-8,13-14,17-23,25-27,41H,9-12,15-16,24H2,1-5H3. The molecule has 0 radical (unpaired) electrons. The Morgan fingerprint density at radius 2 is 0.507 bits per heavy atom. The van der Waals surface area contributed by atoms with Gasteiger partial charge in [0.05, 0.1) is 74.5 Å². The van der Waals surface area contributed by atoms with Crippen LogP contribution in [0.5, 0.6) is 34.5 Å². The van der Waals surface area contributed by atoms with E-state index in [9.17, 15) is 29.7 Å². The lowest BCUT2D eigenvalue weighted by Gasteiger charge is -2.18. The second-order valence-corrected chi connectivity index (χ2v) is 37.4. The fourth-order valence-corrected chi connectivity index (χ4v) is 16.4. The predicted octanol–water partition coefficient (Wildman–Crippen LogP) is 29.7. The second kappa shape index (κ2) is 58.1. The fraction of sp³-hybridized carbons (Fsp3) is 0.436. The lowest BCUT2D eigenvalue weighted by Crippen LogP contribution is -2.15. The molecule has 3 N–H and O–H groups in total. The van der Waals surface area contributed by atoms with Crippen LogP contribution >= 0.6 is 0 Å². The van der Waals surface area contributed by atoms with E-state index < -0.39 is 0 Å². The van der Waals surface area contributed by atoms with Crippen LogP contribution in [0.4, 0.5) is 0 Å². The summed E-state index contributed by atoms with van der Waals surface area (Å²) in [6.45, 7) is 24.0. The summed E-state index contributed by atoms with van der Waals surface area (Å²) in [7, 11) is 4.64. The molecular formula is C117H147N9O12. The maximum Gasteiger partial charge on any atom is 0.338 e. The summed E-state index contributed by atoms with van der Waals surface area (Å²) in [5, 5.41) is 32.2. The SMILES string of the molecule is CCC(C)CCCCCC(CCCC(C)CC)COC(=O)c1ccc(-c2nc(-c3ccccc3)nc(-c3ccc(OC)cc3O)n2)cc1.CCCCCCCCC(CCCCCC)COC(=O)c1ccc(-c2nc(-c3ccccc3)nc(-c3ccc(OC)cc3O)n2)cc1.COc1ccc(-c2nc(-c3ccccc3)nc(-c3ccc(C(=O)OCC(CCCCC(C)C)CCC(C)C)cc3)n2)c(O)c1. The molecule has 3 heterocycles. The number of carbonyl (C=O) groups is 3. The molecule has 0 aliphatic carbocycles. The molecule has 21 nitrogen and oxygen atoms in total. The summed E-state index contributed by atoms with van der Waals surface area (Å²) >= 11 is 0. The van der Waals surface area contributed by atoms with Gasteiger partial charge in [0.1, 0.15) is 34.5 Å². The summed E-state index contributed by atoms with van der Waals surface area (Å²) in [6, 6.07) is 65.5. The van der Waals surface area contributed by atoms with E-state index in [1.165, 1.54) is 153 Å². The number of carbonyl (C=O) groups excluding carboxylic acids is 3. The molecule has 3 aromatic heterocycles. The van der Waals surface area contributed by atoms with Crippen molar-refractivity contribution in [2.45, 2.75) is 249 Å². The number of hydrogen-bond donors (Lipinski definition) is 3. The molecule has 0 aliphatic heterocycles. The maximum absolute atomic E-state index is 13.2. The highest BCUT2D eigenvalue weighted by Crippen LogP contribution is 2.38. The number of unbranched alkanes of at least 4 members (excludes halogenated alkanes) is 11. The molecule has 9 aromatic carbocycles. The first-order valence-electron chi connectivity index (χ1n) is 50.5. The number of phenolic OH excluding ortho intramolecular Hbond substituents is 3. The summed E-state index contributed by atoms with van der Waals surface area (Å²) in [4.78, 5) is 81.7. The number of nitrogens with zero attached hydrogens (tertiary/aromatic N) is 9. The van der Waals surface area contributed by atoms with Gasteiger partial charge < -0.3 is 43.7 Å². The van der Waals surface area contributed by atoms with Crippen molar-refractivity contribution in [1.29, 1.82) is 0 Å². The minimum Gasteiger partial charge on any atom is -0.507 e. The van der Waals surface area contributed by atoms with Crippen molar-refractivity contribution in [3.05, 3.63) is 235 Å². The Hall–Kier alpha value is -12.8. The Kier molecular flexibility index (Phi) is 45.1. The fourth-order valence-electron chi connectivity index (χ4n) is 16.4. The molecule has 0 saturated carbocycles. The van der Waals surface area contributed by atoms with Crippen LogP contribution in [0.2, 0.25) is 0 Å². The Balaban J connectivity index is 0.000000214. The first-order valence-corrected chi connectivity index (χ1v) is 50.5. The van der Waals surface area contributed by atoms with E-state index in [0.29, 0.717) is 152 Å². The number of phenols is 3. The monoisotopic (exact) mass is 1870 g/mol. The highest BCUT2D eigenvalue weighted by Gasteiger charge is 2.25. The first kappa shape index (κ1) is 107. The highest BCUT2D eigenvalue weighted by molar-refractivity contribution is 5.91. The normalized spacial score (nSPS) is 12.3. The quantitative estimate of drug-likeness (QED) is 0.0181. The third-order valence-corrected chi connectivity index (χ3v) is 25.6. The van der Waals surface area contributed by atoms with Gasteiger partial charge in [0.25, 0.3) is 0 Å². The topological polar surface area (TPSA) is 283 Å². The molecule has 12 rings (SSSR count). The number of aromatic nitrogens is 9. The van der Waals surface area contributed by atoms with Gasteiger partial charge in [-0.2, -0.15) is 0 Å². The molecule has 5 unspecified atom stereocenters. The summed E-state index contributed by atoms with van der Waals surface area (Å²) in [5.74, 6) is 8.45. The molecule has 5 atom stereocenters. The predicted molar refractivity (Wildman–Crippen MR) is 554 cm³/mol. The molecule has 138 heavy (non-hydrogen) atoms. The summed E-state index contributed by atoms with van der Waals surface area (Å²) < 4.78 is 33.3. The van der Waals surface area contributed by atoms with Crippen molar-refractivity contribution >= 4 is 17.9 Å². The average Bonchev–Trinajstić information content (AvgIpc) is 0.800. The van der Waals surface area contributed by atoms with Crippen molar-refractivity contribution < 1.29 is 58.1 Å². The Labute approximate surface area is 819 Å². The van der Waals surface area contributed by atoms with E-state index in [1.54, 1.807) is 94.1 Å². The molecule has 0 amide bonds. The number of benzene rings is 9. The van der Waals surface area contributed by atoms with Gasteiger partial charge in [-0.25, -0.2) is 59.2 Å². The van der Waals surface area contributed by atoms with Gasteiger partial charge in [-0.15, -0.1) is 0 Å². The van der Waals surface area contributed by atoms with Crippen molar-refractivity contribution in [3.8, 4) is 137 Å². The average molecular weight is 1870 g/mol. The molecular weight excluding hydrogens is 1720 g/mol. The van der Waals surface area contributed by atoms with E-state index in [4.69, 9.17) is 58.3 Å². The van der Waals surface area contributed by atoms with Crippen LogP contribution in [-0.4, -0.2) is 119 Å². The Bertz CT molecular complexity index is 5630. The van der Waals surface area contributed by atoms with Crippen molar-refractivity contribution in [2.24, 2.45) is 41.4 Å². The number of rotatable bonds is 53. The van der Waals surface area contributed by atoms with E-state index in [-0.39, 0.29) is 35.2 Å². The third kappa shape index (κ3) is 35.0. The second-order valence-electron chi connectivity index (χ2n) is 37.4. The van der Waals surface area contributed by atoms with Gasteiger partial charge in [0.15, 0.2) is 52.4 Å². The first-order chi connectivity index (χ1) is 67.0. The highest BCUT2D eigenvalue weighted by atomic mass is 16.5. The van der Waals surface area contributed by atoms with E-state index in [0.717, 1.165) is 90.2 Å². The summed E-state index contributed by atoms with van der Waals surface area (Å²) in [6.07, 6.45) is 33.7. The summed E-state index contributed by atoms with van der Waals surface area (Å²) in [5.41, 5.74) is 7.51. The lowest BCUT2D eigenvalue weighted by molar-refractivity contribution is 0.0412. The van der Waals surface area contributed by atoms with Crippen LogP contribution < -0.4 is 14.2 Å². The molecule has 12 aromatic rings. The molecule has 0 spiro atoms. The zero-order valence-electron chi connectivity index (χ0n) is 83.8. The molecule has 0 bridgehead atoms. The van der Waals surface area contributed by atoms with Gasteiger partial charge in [-0.3, -0.25) is 0 Å². The number of esters is 3. The van der Waals surface area contributed by atoms with Crippen LogP contribution in [-0.2, 0) is 14.2 Å². The van der Waals surface area contributed by atoms with Gasteiger partial charge in [-0.05, 0) is 153 Å². The number of ether oxygens (including phenoxy) is 6. The van der Waals surface area contributed by atoms with Gasteiger partial charge in [-0.1, -0.05) is 338 Å². The Morgan fingerprint density at radius 3 is 0.804 bits per heavy atom. The minimum atomic E-state index is -0.322. The largest absolute Gasteiger partial charge is 0.507 e. The number of aromatic hydroxyl groups is 3. The third-order valence-electron chi connectivity index (χ3n) is 25.6. The van der Waals surface area contributed by atoms with Gasteiger partial charge in [0.2, 0.25) is 0 Å². The van der Waals surface area contributed by atoms with Crippen molar-refractivity contribution in [3.63, 3.8) is 0 Å². The van der Waals surface area contributed by atoms with E-state index >= 15 is 0 Å². The van der Waals surface area contributed by atoms with Crippen molar-refractivity contribution in [2.75, 3.05) is 41.2 Å². The van der Waals surface area contributed by atoms with Crippen LogP contribution in [0.25, 0.3) is 102 Å². The Morgan fingerprint density at radius 1 is 0.261 bits per heavy atom. The smallest absolute Gasteiger partial charge is 0.338 e. The van der Waals surface area contributed by atoms with E-state index in [1.807, 2.05) is 127 Å². The molecule has 21 heteroatoms. The van der Waals surface area contributed by atoms with Crippen LogP contribution in [0.1, 0.15) is 280 Å². The molecule has 732 valence electrons. The maximum atomic E-state index is 13.2. The van der Waals surface area contributed by atoms with Crippen LogP contribution in [0.3, 0.4) is 0 Å².